The molecule has 0 saturated heterocycles. The fraction of sp³-hybridized carbons (Fsp3) is 0.941. The van der Waals surface area contributed by atoms with E-state index in [1.807, 2.05) is 4.90 Å². The largest absolute Gasteiger partial charge is 0.336 e. The van der Waals surface area contributed by atoms with Crippen LogP contribution in [0.4, 0.5) is 0 Å². The van der Waals surface area contributed by atoms with Gasteiger partial charge in [-0.3, -0.25) is 4.79 Å². The van der Waals surface area contributed by atoms with Gasteiger partial charge in [0, 0.05) is 12.1 Å². The van der Waals surface area contributed by atoms with Gasteiger partial charge >= 0.3 is 0 Å². The van der Waals surface area contributed by atoms with Crippen molar-refractivity contribution in [2.75, 3.05) is 5.75 Å². The molecule has 0 aromatic heterocycles. The summed E-state index contributed by atoms with van der Waals surface area (Å²) in [7, 11) is -3.25. The molecule has 22 heavy (non-hydrogen) atoms. The van der Waals surface area contributed by atoms with Crippen molar-refractivity contribution in [2.24, 2.45) is 0 Å². The molecule has 3 saturated carbocycles. The van der Waals surface area contributed by atoms with Gasteiger partial charge in [0.1, 0.15) is 5.75 Å². The van der Waals surface area contributed by atoms with Gasteiger partial charge in [0.2, 0.25) is 5.91 Å². The second kappa shape index (κ2) is 6.90. The molecular weight excluding hydrogens is 298 g/mol. The van der Waals surface area contributed by atoms with Crippen LogP contribution in [0.3, 0.4) is 0 Å². The summed E-state index contributed by atoms with van der Waals surface area (Å²) in [4.78, 5) is 14.8. The summed E-state index contributed by atoms with van der Waals surface area (Å²) in [6.45, 7) is 0. The average Bonchev–Trinajstić information content (AvgIpc) is 3.23. The molecule has 4 nitrogen and oxygen atoms in total. The summed E-state index contributed by atoms with van der Waals surface area (Å²) in [5.74, 6) is -0.351. The minimum Gasteiger partial charge on any atom is -0.336 e. The number of hydrogen-bond donors (Lipinski definition) is 0. The van der Waals surface area contributed by atoms with Crippen molar-refractivity contribution in [3.05, 3.63) is 0 Å². The lowest BCUT2D eigenvalue weighted by Crippen LogP contribution is -2.48. The van der Waals surface area contributed by atoms with E-state index in [0.717, 1.165) is 51.4 Å². The second-order valence-corrected chi connectivity index (χ2v) is 9.67. The lowest BCUT2D eigenvalue weighted by molar-refractivity contribution is -0.133. The van der Waals surface area contributed by atoms with Gasteiger partial charge in [-0.15, -0.1) is 0 Å². The van der Waals surface area contributed by atoms with Gasteiger partial charge in [-0.1, -0.05) is 38.5 Å². The molecule has 5 heteroatoms. The molecule has 3 aliphatic carbocycles. The first-order valence-electron chi connectivity index (χ1n) is 9.10. The molecular formula is C17H29NO3S. The molecule has 0 N–H and O–H groups in total. The number of amides is 1. The number of nitrogens with zero attached hydrogens (tertiary/aromatic N) is 1. The van der Waals surface area contributed by atoms with Crippen LogP contribution in [0, 0.1) is 0 Å². The van der Waals surface area contributed by atoms with E-state index in [0.29, 0.717) is 12.1 Å². The molecule has 0 radical (unpaired) electrons. The highest BCUT2D eigenvalue weighted by Crippen LogP contribution is 2.32. The third-order valence-corrected chi connectivity index (χ3v) is 8.00. The standard InChI is InChI=1S/C17H29NO3S/c19-17(13-22(20,21)16-11-5-6-12-16)18(14-7-1-2-8-14)15-9-3-4-10-15/h14-16H,1-13H2. The van der Waals surface area contributed by atoms with E-state index in [1.54, 1.807) is 0 Å². The first-order chi connectivity index (χ1) is 10.6. The molecule has 1 amide bonds. The number of carbonyl (C=O) groups excluding carboxylic acids is 1. The van der Waals surface area contributed by atoms with Gasteiger partial charge in [0.25, 0.3) is 0 Å². The lowest BCUT2D eigenvalue weighted by atomic mass is 10.1. The smallest absolute Gasteiger partial charge is 0.238 e. The summed E-state index contributed by atoms with van der Waals surface area (Å²) < 4.78 is 25.1. The molecule has 0 spiro atoms. The average molecular weight is 327 g/mol. The molecule has 3 rings (SSSR count). The maximum absolute atomic E-state index is 12.8. The van der Waals surface area contributed by atoms with E-state index >= 15 is 0 Å². The summed E-state index contributed by atoms with van der Waals surface area (Å²) in [6, 6.07) is 0.601. The maximum atomic E-state index is 12.8. The highest BCUT2D eigenvalue weighted by Gasteiger charge is 2.38. The Morgan fingerprint density at radius 3 is 1.64 bits per heavy atom. The molecule has 0 unspecified atom stereocenters. The Bertz CT molecular complexity index is 468. The third kappa shape index (κ3) is 3.50. The maximum Gasteiger partial charge on any atom is 0.238 e. The van der Waals surface area contributed by atoms with Gasteiger partial charge in [0.05, 0.1) is 5.25 Å². The fourth-order valence-electron chi connectivity index (χ4n) is 4.68. The van der Waals surface area contributed by atoms with Crippen molar-refractivity contribution in [1.29, 1.82) is 0 Å². The summed E-state index contributed by atoms with van der Waals surface area (Å²) in [5.41, 5.74) is 0. The van der Waals surface area contributed by atoms with Crippen LogP contribution in [0.25, 0.3) is 0 Å². The van der Waals surface area contributed by atoms with Crippen LogP contribution in [-0.4, -0.2) is 42.3 Å². The molecule has 0 aliphatic heterocycles. The van der Waals surface area contributed by atoms with Crippen LogP contribution in [0.15, 0.2) is 0 Å². The van der Waals surface area contributed by atoms with E-state index in [1.165, 1.54) is 25.7 Å². The molecule has 0 atom stereocenters. The molecule has 0 aromatic carbocycles. The molecule has 0 heterocycles. The number of hydrogen-bond acceptors (Lipinski definition) is 3. The number of carbonyl (C=O) groups is 1. The SMILES string of the molecule is O=C(CS(=O)(=O)C1CCCC1)N(C1CCCC1)C1CCCC1. The molecule has 0 bridgehead atoms. The van der Waals surface area contributed by atoms with E-state index in [-0.39, 0.29) is 16.9 Å². The minimum absolute atomic E-state index is 0.106. The van der Waals surface area contributed by atoms with Crippen LogP contribution >= 0.6 is 0 Å². The van der Waals surface area contributed by atoms with Crippen LogP contribution in [0.1, 0.15) is 77.0 Å². The normalized spacial score (nSPS) is 25.1. The van der Waals surface area contributed by atoms with Gasteiger partial charge in [-0.25, -0.2) is 8.42 Å². The Hall–Kier alpha value is -0.580. The Kier molecular flexibility index (Phi) is 5.10. The van der Waals surface area contributed by atoms with Crippen molar-refractivity contribution in [3.8, 4) is 0 Å². The van der Waals surface area contributed by atoms with Crippen LogP contribution in [-0.2, 0) is 14.6 Å². The highest BCUT2D eigenvalue weighted by molar-refractivity contribution is 7.92. The van der Waals surface area contributed by atoms with Crippen LogP contribution < -0.4 is 0 Å². The van der Waals surface area contributed by atoms with Crippen molar-refractivity contribution in [3.63, 3.8) is 0 Å². The van der Waals surface area contributed by atoms with Gasteiger partial charge in [-0.05, 0) is 38.5 Å². The highest BCUT2D eigenvalue weighted by atomic mass is 32.2. The van der Waals surface area contributed by atoms with Gasteiger partial charge in [-0.2, -0.15) is 0 Å². The van der Waals surface area contributed by atoms with Crippen LogP contribution in [0.2, 0.25) is 0 Å². The molecule has 0 aromatic rings. The Morgan fingerprint density at radius 2 is 1.18 bits per heavy atom. The summed E-state index contributed by atoms with van der Waals surface area (Å²) >= 11 is 0. The first-order valence-corrected chi connectivity index (χ1v) is 10.8. The van der Waals surface area contributed by atoms with Gasteiger partial charge < -0.3 is 4.90 Å². The Balaban J connectivity index is 1.70. The van der Waals surface area contributed by atoms with Crippen LogP contribution in [0.5, 0.6) is 0 Å². The fourth-order valence-corrected chi connectivity index (χ4v) is 6.46. The van der Waals surface area contributed by atoms with E-state index in [2.05, 4.69) is 0 Å². The predicted molar refractivity (Wildman–Crippen MR) is 87.4 cm³/mol. The van der Waals surface area contributed by atoms with E-state index in [9.17, 15) is 13.2 Å². The lowest BCUT2D eigenvalue weighted by Gasteiger charge is -2.35. The summed E-state index contributed by atoms with van der Waals surface area (Å²) in [5, 5.41) is -0.259. The minimum atomic E-state index is -3.25. The summed E-state index contributed by atoms with van der Waals surface area (Å²) in [6.07, 6.45) is 12.4. The number of sulfone groups is 1. The monoisotopic (exact) mass is 327 g/mol. The zero-order valence-electron chi connectivity index (χ0n) is 13.5. The van der Waals surface area contributed by atoms with Crippen molar-refractivity contribution in [1.82, 2.24) is 4.90 Å². The second-order valence-electron chi connectivity index (χ2n) is 7.39. The van der Waals surface area contributed by atoms with E-state index in [4.69, 9.17) is 0 Å². The number of rotatable bonds is 5. The zero-order valence-corrected chi connectivity index (χ0v) is 14.3. The zero-order chi connectivity index (χ0) is 15.6. The predicted octanol–water partition coefficient (Wildman–Crippen LogP) is 3.06. The Morgan fingerprint density at radius 1 is 0.773 bits per heavy atom. The van der Waals surface area contributed by atoms with E-state index < -0.39 is 9.84 Å². The topological polar surface area (TPSA) is 54.5 Å². The first kappa shape index (κ1) is 16.3. The molecule has 3 fully saturated rings. The third-order valence-electron chi connectivity index (χ3n) is 5.86. The molecule has 126 valence electrons. The van der Waals surface area contributed by atoms with Crippen molar-refractivity contribution < 1.29 is 13.2 Å². The van der Waals surface area contributed by atoms with Gasteiger partial charge in [0.15, 0.2) is 9.84 Å². The van der Waals surface area contributed by atoms with Crippen molar-refractivity contribution >= 4 is 15.7 Å². The molecule has 3 aliphatic rings. The quantitative estimate of drug-likeness (QED) is 0.780. The van der Waals surface area contributed by atoms with Crippen molar-refractivity contribution in [2.45, 2.75) is 94.4 Å². The Labute approximate surface area is 134 Å².